The molecule has 124 valence electrons. The molecule has 1 heterocycles. The number of nitrogens with one attached hydrogen (secondary N) is 1. The number of halogens is 1. The van der Waals surface area contributed by atoms with Crippen LogP contribution in [0.5, 0.6) is 0 Å². The van der Waals surface area contributed by atoms with Crippen molar-refractivity contribution in [3.8, 4) is 0 Å². The maximum atomic E-state index is 12.1. The van der Waals surface area contributed by atoms with Crippen molar-refractivity contribution < 1.29 is 14.5 Å². The van der Waals surface area contributed by atoms with Gasteiger partial charge in [0, 0.05) is 17.8 Å². The van der Waals surface area contributed by atoms with Crippen LogP contribution in [-0.4, -0.2) is 23.5 Å². The molecule has 0 fully saturated rings. The highest BCUT2D eigenvalue weighted by Crippen LogP contribution is 2.31. The fraction of sp³-hybridized carbons (Fsp3) is 0.286. The van der Waals surface area contributed by atoms with Gasteiger partial charge >= 0.3 is 5.97 Å². The fourth-order valence-electron chi connectivity index (χ4n) is 2.19. The van der Waals surface area contributed by atoms with Crippen molar-refractivity contribution in [3.05, 3.63) is 51.2 Å². The summed E-state index contributed by atoms with van der Waals surface area (Å²) >= 11 is 0. The van der Waals surface area contributed by atoms with Gasteiger partial charge in [-0.15, -0.1) is 12.4 Å². The zero-order chi connectivity index (χ0) is 16.3. The minimum atomic E-state index is -0.652. The number of carbonyl (C=O) groups excluding carboxylic acids is 1. The number of nitrogens with zero attached hydrogens (tertiary/aromatic N) is 2. The van der Waals surface area contributed by atoms with E-state index in [1.54, 1.807) is 26.0 Å². The van der Waals surface area contributed by atoms with Crippen molar-refractivity contribution in [1.82, 2.24) is 5.32 Å². The first-order chi connectivity index (χ1) is 10.4. The lowest BCUT2D eigenvalue weighted by Crippen LogP contribution is -2.37. The largest absolute Gasteiger partial charge is 0.463 e. The number of nitro groups is 1. The summed E-state index contributed by atoms with van der Waals surface area (Å²) in [5, 5.41) is 13.5. The second-order valence-corrected chi connectivity index (χ2v) is 4.65. The molecule has 0 bridgehead atoms. The first-order valence-corrected chi connectivity index (χ1v) is 6.66. The van der Waals surface area contributed by atoms with Crippen LogP contribution in [0.4, 0.5) is 5.69 Å². The van der Waals surface area contributed by atoms with Gasteiger partial charge in [-0.25, -0.2) is 9.79 Å². The van der Waals surface area contributed by atoms with Crippen molar-refractivity contribution in [2.75, 3.05) is 6.61 Å². The Morgan fingerprint density at radius 2 is 2.04 bits per heavy atom. The highest BCUT2D eigenvalue weighted by molar-refractivity contribution is 5.94. The third kappa shape index (κ3) is 3.98. The summed E-state index contributed by atoms with van der Waals surface area (Å²) in [7, 11) is 0. The van der Waals surface area contributed by atoms with Crippen molar-refractivity contribution in [1.29, 1.82) is 0 Å². The van der Waals surface area contributed by atoms with E-state index >= 15 is 0 Å². The monoisotopic (exact) mass is 340 g/mol. The van der Waals surface area contributed by atoms with Crippen molar-refractivity contribution in [2.45, 2.75) is 19.9 Å². The van der Waals surface area contributed by atoms with Gasteiger partial charge in [0.1, 0.15) is 6.04 Å². The summed E-state index contributed by atoms with van der Waals surface area (Å²) in [6, 6.07) is 5.18. The van der Waals surface area contributed by atoms with E-state index in [2.05, 4.69) is 10.3 Å². The molecule has 1 aromatic rings. The number of nitrogens with two attached hydrogens (primary N) is 1. The Balaban J connectivity index is 0.00000264. The van der Waals surface area contributed by atoms with Crippen LogP contribution in [0.15, 0.2) is 40.5 Å². The van der Waals surface area contributed by atoms with E-state index in [9.17, 15) is 14.9 Å². The van der Waals surface area contributed by atoms with Crippen LogP contribution in [0.2, 0.25) is 0 Å². The Morgan fingerprint density at radius 3 is 2.57 bits per heavy atom. The van der Waals surface area contributed by atoms with Crippen LogP contribution in [0.3, 0.4) is 0 Å². The fourth-order valence-corrected chi connectivity index (χ4v) is 2.19. The highest BCUT2D eigenvalue weighted by Gasteiger charge is 2.29. The molecule has 0 aliphatic carbocycles. The first-order valence-electron chi connectivity index (χ1n) is 6.66. The number of aliphatic imine (C=N–C) groups is 1. The summed E-state index contributed by atoms with van der Waals surface area (Å²) in [4.78, 5) is 26.6. The predicted molar refractivity (Wildman–Crippen MR) is 87.2 cm³/mol. The number of ether oxygens (including phenoxy) is 1. The van der Waals surface area contributed by atoms with Gasteiger partial charge in [-0.1, -0.05) is 0 Å². The molecule has 0 spiro atoms. The second-order valence-electron chi connectivity index (χ2n) is 4.65. The maximum absolute atomic E-state index is 12.1. The number of rotatable bonds is 4. The van der Waals surface area contributed by atoms with Gasteiger partial charge in [0.25, 0.3) is 5.69 Å². The molecule has 0 radical (unpaired) electrons. The maximum Gasteiger partial charge on any atom is 0.338 e. The summed E-state index contributed by atoms with van der Waals surface area (Å²) in [6.07, 6.45) is 0. The summed E-state index contributed by atoms with van der Waals surface area (Å²) < 4.78 is 5.05. The number of allylic oxidation sites excluding steroid dienone is 1. The van der Waals surface area contributed by atoms with E-state index in [4.69, 9.17) is 10.5 Å². The number of non-ortho nitro benzene ring substituents is 1. The lowest BCUT2D eigenvalue weighted by molar-refractivity contribution is -0.384. The number of esters is 1. The Labute approximate surface area is 139 Å². The summed E-state index contributed by atoms with van der Waals surface area (Å²) in [5.41, 5.74) is 7.19. The minimum Gasteiger partial charge on any atom is -0.463 e. The predicted octanol–water partition coefficient (Wildman–Crippen LogP) is 1.81. The van der Waals surface area contributed by atoms with E-state index < -0.39 is 16.9 Å². The average Bonchev–Trinajstić information content (AvgIpc) is 2.46. The molecule has 1 aromatic carbocycles. The molecule has 2 rings (SSSR count). The Kier molecular flexibility index (Phi) is 6.09. The molecular formula is C14H17ClN4O4. The number of nitro benzene ring substituents is 1. The molecule has 9 heteroatoms. The molecule has 1 unspecified atom stereocenters. The van der Waals surface area contributed by atoms with Crippen LogP contribution in [0, 0.1) is 10.1 Å². The van der Waals surface area contributed by atoms with E-state index in [1.165, 1.54) is 12.1 Å². The molecule has 23 heavy (non-hydrogen) atoms. The quantitative estimate of drug-likeness (QED) is 0.490. The van der Waals surface area contributed by atoms with Gasteiger partial charge in [-0.05, 0) is 31.5 Å². The van der Waals surface area contributed by atoms with E-state index in [0.29, 0.717) is 16.8 Å². The zero-order valence-electron chi connectivity index (χ0n) is 12.6. The van der Waals surface area contributed by atoms with Crippen LogP contribution < -0.4 is 11.1 Å². The highest BCUT2D eigenvalue weighted by atomic mass is 35.5. The molecule has 1 aliphatic rings. The molecule has 1 aliphatic heterocycles. The zero-order valence-corrected chi connectivity index (χ0v) is 13.4. The van der Waals surface area contributed by atoms with Gasteiger partial charge in [0.05, 0.1) is 17.1 Å². The number of carbonyl (C=O) groups is 1. The van der Waals surface area contributed by atoms with E-state index in [1.807, 2.05) is 0 Å². The minimum absolute atomic E-state index is 0. The second kappa shape index (κ2) is 7.59. The third-order valence-corrected chi connectivity index (χ3v) is 3.18. The number of hydrogen-bond acceptors (Lipinski definition) is 7. The molecule has 1 atom stereocenters. The number of benzene rings is 1. The Hall–Kier alpha value is -2.61. The van der Waals surface area contributed by atoms with Gasteiger partial charge in [-0.3, -0.25) is 10.1 Å². The summed E-state index contributed by atoms with van der Waals surface area (Å²) in [5.74, 6) is -0.319. The molecule has 0 amide bonds. The molecule has 3 N–H and O–H groups in total. The SMILES string of the molecule is CCOC(=O)C1=C(C)NC(N)=NC1c1ccc([N+](=O)[O-])cc1.Cl. The van der Waals surface area contributed by atoms with Gasteiger partial charge < -0.3 is 15.8 Å². The number of hydrogen-bond donors (Lipinski definition) is 2. The van der Waals surface area contributed by atoms with Crippen LogP contribution in [0.25, 0.3) is 0 Å². The lowest BCUT2D eigenvalue weighted by Gasteiger charge is -2.24. The van der Waals surface area contributed by atoms with Crippen LogP contribution in [0.1, 0.15) is 25.5 Å². The molecule has 0 aromatic heterocycles. The topological polar surface area (TPSA) is 120 Å². The standard InChI is InChI=1S/C14H16N4O4.ClH/c1-3-22-13(19)11-8(2)16-14(15)17-12(11)9-4-6-10(7-5-9)18(20)21;/h4-7,12H,3H2,1-2H3,(H3,15,16,17);1H. The first kappa shape index (κ1) is 18.4. The normalized spacial score (nSPS) is 16.8. The molecule has 8 nitrogen and oxygen atoms in total. The van der Waals surface area contributed by atoms with Crippen molar-refractivity contribution in [2.24, 2.45) is 10.7 Å². The summed E-state index contributed by atoms with van der Waals surface area (Å²) in [6.45, 7) is 3.65. The molecular weight excluding hydrogens is 324 g/mol. The lowest BCUT2D eigenvalue weighted by atomic mass is 9.96. The average molecular weight is 341 g/mol. The van der Waals surface area contributed by atoms with Gasteiger partial charge in [0.15, 0.2) is 5.96 Å². The number of guanidine groups is 1. The molecule has 0 saturated heterocycles. The molecule has 0 saturated carbocycles. The van der Waals surface area contributed by atoms with Gasteiger partial charge in [0.2, 0.25) is 0 Å². The smallest absolute Gasteiger partial charge is 0.338 e. The van der Waals surface area contributed by atoms with Crippen molar-refractivity contribution in [3.63, 3.8) is 0 Å². The van der Waals surface area contributed by atoms with Crippen LogP contribution >= 0.6 is 12.4 Å². The van der Waals surface area contributed by atoms with Crippen LogP contribution in [-0.2, 0) is 9.53 Å². The van der Waals surface area contributed by atoms with Gasteiger partial charge in [-0.2, -0.15) is 0 Å². The Morgan fingerprint density at radius 1 is 1.43 bits per heavy atom. The Bertz CT molecular complexity index is 670. The van der Waals surface area contributed by atoms with E-state index in [-0.39, 0.29) is 30.7 Å². The van der Waals surface area contributed by atoms with Crippen molar-refractivity contribution >= 4 is 30.0 Å². The van der Waals surface area contributed by atoms with E-state index in [0.717, 1.165) is 0 Å². The third-order valence-electron chi connectivity index (χ3n) is 3.18.